The first-order chi connectivity index (χ1) is 16.4. The van der Waals surface area contributed by atoms with Gasteiger partial charge in [-0.15, -0.1) is 6.58 Å². The molecule has 34 heavy (non-hydrogen) atoms. The molecule has 0 atom stereocenters. The molecule has 6 nitrogen and oxygen atoms in total. The Morgan fingerprint density at radius 2 is 1.76 bits per heavy atom. The molecule has 2 aromatic carbocycles. The van der Waals surface area contributed by atoms with E-state index in [0.29, 0.717) is 29.3 Å². The van der Waals surface area contributed by atoms with Crippen LogP contribution < -0.4 is 11.5 Å². The first kappa shape index (κ1) is 25.1. The van der Waals surface area contributed by atoms with Crippen LogP contribution in [0.3, 0.4) is 0 Å². The van der Waals surface area contributed by atoms with Crippen LogP contribution in [0, 0.1) is 5.92 Å². The molecule has 1 aliphatic carbocycles. The molecule has 0 aromatic heterocycles. The molecule has 6 heteroatoms. The molecule has 0 amide bonds. The van der Waals surface area contributed by atoms with Crippen molar-refractivity contribution in [2.45, 2.75) is 51.0 Å². The number of nitrogens with two attached hydrogens (primary N) is 2. The highest BCUT2D eigenvalue weighted by molar-refractivity contribution is 5.90. The third-order valence-electron chi connectivity index (χ3n) is 6.19. The van der Waals surface area contributed by atoms with E-state index in [4.69, 9.17) is 20.9 Å². The van der Waals surface area contributed by atoms with E-state index in [1.54, 1.807) is 48.5 Å². The van der Waals surface area contributed by atoms with Gasteiger partial charge in [-0.25, -0.2) is 9.59 Å². The van der Waals surface area contributed by atoms with Crippen molar-refractivity contribution < 1.29 is 19.1 Å². The maximum Gasteiger partial charge on any atom is 0.338 e. The second-order valence-electron chi connectivity index (χ2n) is 8.75. The van der Waals surface area contributed by atoms with Gasteiger partial charge in [0.1, 0.15) is 6.10 Å². The molecule has 3 rings (SSSR count). The second kappa shape index (κ2) is 12.6. The van der Waals surface area contributed by atoms with Gasteiger partial charge in [-0.2, -0.15) is 0 Å². The average molecular weight is 463 g/mol. The standard InChI is InChI=1S/C28H34N2O4/c1-2-3-4-20-7-13-25(14-8-20)34-28(32)22-10-5-21(6-11-22)9-16-27(31)33-18-17-23-19-24(29)12-15-26(23)30/h2,5-6,9-12,15-16,19-20,25H,1,3-4,7-8,13-14,17-18,29-30H2. The van der Waals surface area contributed by atoms with E-state index in [-0.39, 0.29) is 18.7 Å². The van der Waals surface area contributed by atoms with Gasteiger partial charge in [0.25, 0.3) is 0 Å². The highest BCUT2D eigenvalue weighted by atomic mass is 16.5. The topological polar surface area (TPSA) is 105 Å². The van der Waals surface area contributed by atoms with Crippen molar-refractivity contribution in [3.05, 3.63) is 77.9 Å². The normalized spacial score (nSPS) is 17.9. The van der Waals surface area contributed by atoms with E-state index in [1.165, 1.54) is 12.5 Å². The van der Waals surface area contributed by atoms with Crippen molar-refractivity contribution in [2.75, 3.05) is 18.1 Å². The molecular formula is C28H34N2O4. The molecule has 1 saturated carbocycles. The monoisotopic (exact) mass is 462 g/mol. The SMILES string of the molecule is C=CCCC1CCC(OC(=O)c2ccc(C=CC(=O)OCCc3cc(N)ccc3N)cc2)CC1. The van der Waals surface area contributed by atoms with Crippen LogP contribution in [-0.4, -0.2) is 24.6 Å². The Kier molecular flexibility index (Phi) is 9.32. The second-order valence-corrected chi connectivity index (χ2v) is 8.75. The van der Waals surface area contributed by atoms with Crippen LogP contribution in [0.15, 0.2) is 61.2 Å². The fraction of sp³-hybridized carbons (Fsp3) is 0.357. The van der Waals surface area contributed by atoms with Crippen LogP contribution >= 0.6 is 0 Å². The number of ether oxygens (including phenoxy) is 2. The Bertz CT molecular complexity index is 1010. The minimum Gasteiger partial charge on any atom is -0.462 e. The van der Waals surface area contributed by atoms with Crippen molar-refractivity contribution in [1.82, 2.24) is 0 Å². The summed E-state index contributed by atoms with van der Waals surface area (Å²) in [4.78, 5) is 24.5. The lowest BCUT2D eigenvalue weighted by atomic mass is 9.84. The highest BCUT2D eigenvalue weighted by Crippen LogP contribution is 2.30. The molecule has 0 radical (unpaired) electrons. The summed E-state index contributed by atoms with van der Waals surface area (Å²) in [6, 6.07) is 12.2. The van der Waals surface area contributed by atoms with Crippen molar-refractivity contribution in [2.24, 2.45) is 5.92 Å². The van der Waals surface area contributed by atoms with Crippen molar-refractivity contribution in [1.29, 1.82) is 0 Å². The third-order valence-corrected chi connectivity index (χ3v) is 6.19. The average Bonchev–Trinajstić information content (AvgIpc) is 2.84. The quantitative estimate of drug-likeness (QED) is 0.214. The number of rotatable bonds is 10. The lowest BCUT2D eigenvalue weighted by molar-refractivity contribution is -0.137. The third kappa shape index (κ3) is 7.80. The van der Waals surface area contributed by atoms with Gasteiger partial charge in [0, 0.05) is 23.9 Å². The number of hydrogen-bond acceptors (Lipinski definition) is 6. The minimum absolute atomic E-state index is 0.00972. The smallest absolute Gasteiger partial charge is 0.338 e. The number of carbonyl (C=O) groups is 2. The Morgan fingerprint density at radius 1 is 1.03 bits per heavy atom. The summed E-state index contributed by atoms with van der Waals surface area (Å²) >= 11 is 0. The van der Waals surface area contributed by atoms with Crippen LogP contribution in [0.1, 0.15) is 60.0 Å². The number of nitrogen functional groups attached to an aromatic ring is 2. The molecule has 0 aliphatic heterocycles. The molecule has 0 spiro atoms. The van der Waals surface area contributed by atoms with Gasteiger partial charge < -0.3 is 20.9 Å². The molecule has 1 aliphatic rings. The predicted octanol–water partition coefficient (Wildman–Crippen LogP) is 5.33. The Hall–Kier alpha value is -3.54. The lowest BCUT2D eigenvalue weighted by Crippen LogP contribution is -2.24. The van der Waals surface area contributed by atoms with Crippen LogP contribution in [0.25, 0.3) is 6.08 Å². The van der Waals surface area contributed by atoms with E-state index in [9.17, 15) is 9.59 Å². The van der Waals surface area contributed by atoms with Gasteiger partial charge in [0.15, 0.2) is 0 Å². The van der Waals surface area contributed by atoms with Crippen LogP contribution in [-0.2, 0) is 20.7 Å². The molecule has 2 aromatic rings. The lowest BCUT2D eigenvalue weighted by Gasteiger charge is -2.28. The Morgan fingerprint density at radius 3 is 2.47 bits per heavy atom. The van der Waals surface area contributed by atoms with Gasteiger partial charge in [0.05, 0.1) is 12.2 Å². The fourth-order valence-electron chi connectivity index (χ4n) is 4.16. The first-order valence-electron chi connectivity index (χ1n) is 11.8. The van der Waals surface area contributed by atoms with Gasteiger partial charge in [0.2, 0.25) is 0 Å². The number of allylic oxidation sites excluding steroid dienone is 1. The summed E-state index contributed by atoms with van der Waals surface area (Å²) in [6.07, 6.45) is 11.7. The Labute approximate surface area is 201 Å². The van der Waals surface area contributed by atoms with E-state index in [1.807, 2.05) is 6.08 Å². The van der Waals surface area contributed by atoms with Crippen molar-refractivity contribution in [3.63, 3.8) is 0 Å². The summed E-state index contributed by atoms with van der Waals surface area (Å²) < 4.78 is 10.9. The first-order valence-corrected chi connectivity index (χ1v) is 11.8. The molecule has 0 heterocycles. The van der Waals surface area contributed by atoms with Crippen LogP contribution in [0.2, 0.25) is 0 Å². The fourth-order valence-corrected chi connectivity index (χ4v) is 4.16. The molecule has 0 unspecified atom stereocenters. The number of benzene rings is 2. The van der Waals surface area contributed by atoms with E-state index >= 15 is 0 Å². The number of anilines is 2. The number of hydrogen-bond donors (Lipinski definition) is 2. The molecule has 0 bridgehead atoms. The van der Waals surface area contributed by atoms with Gasteiger partial charge in [-0.3, -0.25) is 0 Å². The highest BCUT2D eigenvalue weighted by Gasteiger charge is 2.23. The summed E-state index contributed by atoms with van der Waals surface area (Å²) in [5, 5.41) is 0. The van der Waals surface area contributed by atoms with Gasteiger partial charge >= 0.3 is 11.9 Å². The van der Waals surface area contributed by atoms with Crippen molar-refractivity contribution >= 4 is 29.4 Å². The Balaban J connectivity index is 1.41. The summed E-state index contributed by atoms with van der Waals surface area (Å²) in [6.45, 7) is 3.99. The zero-order valence-corrected chi connectivity index (χ0v) is 19.6. The zero-order valence-electron chi connectivity index (χ0n) is 19.6. The molecule has 0 saturated heterocycles. The molecule has 1 fully saturated rings. The summed E-state index contributed by atoms with van der Waals surface area (Å²) in [5.41, 5.74) is 15.0. The number of carbonyl (C=O) groups excluding carboxylic acids is 2. The molecular weight excluding hydrogens is 428 g/mol. The van der Waals surface area contributed by atoms with E-state index in [0.717, 1.165) is 43.2 Å². The summed E-state index contributed by atoms with van der Waals surface area (Å²) in [7, 11) is 0. The van der Waals surface area contributed by atoms with Crippen LogP contribution in [0.5, 0.6) is 0 Å². The predicted molar refractivity (Wildman–Crippen MR) is 136 cm³/mol. The largest absolute Gasteiger partial charge is 0.462 e. The minimum atomic E-state index is -0.449. The van der Waals surface area contributed by atoms with E-state index in [2.05, 4.69) is 6.58 Å². The number of esters is 2. The maximum atomic E-state index is 12.5. The van der Waals surface area contributed by atoms with E-state index < -0.39 is 5.97 Å². The zero-order chi connectivity index (χ0) is 24.3. The molecule has 4 N–H and O–H groups in total. The van der Waals surface area contributed by atoms with Crippen LogP contribution in [0.4, 0.5) is 11.4 Å². The summed E-state index contributed by atoms with van der Waals surface area (Å²) in [5.74, 6) is -0.0408. The van der Waals surface area contributed by atoms with Gasteiger partial charge in [-0.05, 0) is 92.0 Å². The maximum absolute atomic E-state index is 12.5. The molecule has 180 valence electrons. The van der Waals surface area contributed by atoms with Gasteiger partial charge in [-0.1, -0.05) is 18.2 Å². The van der Waals surface area contributed by atoms with Crippen molar-refractivity contribution in [3.8, 4) is 0 Å².